The lowest BCUT2D eigenvalue weighted by atomic mass is 10.2. The number of para-hydroxylation sites is 3. The third kappa shape index (κ3) is 1.95. The summed E-state index contributed by atoms with van der Waals surface area (Å²) in [6.07, 6.45) is 0. The van der Waals surface area contributed by atoms with Crippen LogP contribution in [0.5, 0.6) is 5.75 Å². The van der Waals surface area contributed by atoms with Crippen LogP contribution in [-0.2, 0) is 5.88 Å². The number of hydrogen-bond acceptors (Lipinski definition) is 2. The Morgan fingerprint density at radius 3 is 2.70 bits per heavy atom. The lowest BCUT2D eigenvalue weighted by Crippen LogP contribution is -2.02. The van der Waals surface area contributed by atoms with E-state index in [1.165, 1.54) is 0 Å². The Morgan fingerprint density at radius 2 is 1.95 bits per heavy atom. The molecular formula is C16H15ClN2O. The van der Waals surface area contributed by atoms with Crippen molar-refractivity contribution in [3.05, 3.63) is 53.9 Å². The predicted molar refractivity (Wildman–Crippen MR) is 81.9 cm³/mol. The third-order valence-electron chi connectivity index (χ3n) is 3.39. The molecule has 0 saturated carbocycles. The van der Waals surface area contributed by atoms with Crippen LogP contribution in [0.4, 0.5) is 0 Å². The van der Waals surface area contributed by atoms with Gasteiger partial charge in [0.05, 0.1) is 29.7 Å². The van der Waals surface area contributed by atoms with Gasteiger partial charge in [-0.25, -0.2) is 4.98 Å². The van der Waals surface area contributed by atoms with Crippen LogP contribution >= 0.6 is 11.6 Å². The van der Waals surface area contributed by atoms with Gasteiger partial charge in [-0.1, -0.05) is 24.3 Å². The highest BCUT2D eigenvalue weighted by Gasteiger charge is 2.15. The van der Waals surface area contributed by atoms with Crippen molar-refractivity contribution in [3.63, 3.8) is 0 Å². The number of fused-ring (bicyclic) bond motifs is 1. The lowest BCUT2D eigenvalue weighted by Gasteiger charge is -2.13. The molecule has 0 atom stereocenters. The third-order valence-corrected chi connectivity index (χ3v) is 3.63. The second-order valence-electron chi connectivity index (χ2n) is 4.61. The first-order chi connectivity index (χ1) is 9.76. The van der Waals surface area contributed by atoms with Crippen molar-refractivity contribution in [1.82, 2.24) is 9.55 Å². The second-order valence-corrected chi connectivity index (χ2v) is 4.88. The Hall–Kier alpha value is -2.00. The number of ether oxygens (including phenoxy) is 1. The van der Waals surface area contributed by atoms with E-state index in [2.05, 4.69) is 22.5 Å². The van der Waals surface area contributed by atoms with Crippen LogP contribution in [-0.4, -0.2) is 16.7 Å². The fourth-order valence-corrected chi connectivity index (χ4v) is 2.69. The molecule has 0 unspecified atom stereocenters. The first-order valence-corrected chi connectivity index (χ1v) is 6.96. The zero-order valence-electron chi connectivity index (χ0n) is 11.4. The molecule has 1 heterocycles. The number of methoxy groups -OCH3 is 1. The second kappa shape index (κ2) is 5.17. The largest absolute Gasteiger partial charge is 0.495 e. The van der Waals surface area contributed by atoms with Crippen molar-refractivity contribution in [1.29, 1.82) is 0 Å². The SMILES string of the molecule is COc1ccccc1-n1c(CCl)nc2cccc(C)c21. The van der Waals surface area contributed by atoms with E-state index in [1.807, 2.05) is 36.4 Å². The zero-order valence-corrected chi connectivity index (χ0v) is 12.2. The number of hydrogen-bond donors (Lipinski definition) is 0. The molecule has 3 nitrogen and oxygen atoms in total. The fraction of sp³-hybridized carbons (Fsp3) is 0.188. The number of aryl methyl sites for hydroxylation is 1. The van der Waals surface area contributed by atoms with Crippen molar-refractivity contribution in [2.24, 2.45) is 0 Å². The van der Waals surface area contributed by atoms with Crippen LogP contribution in [0.25, 0.3) is 16.7 Å². The van der Waals surface area contributed by atoms with Gasteiger partial charge in [0, 0.05) is 0 Å². The van der Waals surface area contributed by atoms with Crippen molar-refractivity contribution < 1.29 is 4.74 Å². The van der Waals surface area contributed by atoms with E-state index < -0.39 is 0 Å². The fourth-order valence-electron chi connectivity index (χ4n) is 2.51. The molecule has 0 aliphatic heterocycles. The summed E-state index contributed by atoms with van der Waals surface area (Å²) >= 11 is 6.08. The van der Waals surface area contributed by atoms with Crippen molar-refractivity contribution >= 4 is 22.6 Å². The standard InChI is InChI=1S/C16H15ClN2O/c1-11-6-5-7-12-16(11)19(15(10-17)18-12)13-8-3-4-9-14(13)20-2/h3-9H,10H2,1-2H3. The molecule has 0 N–H and O–H groups in total. The summed E-state index contributed by atoms with van der Waals surface area (Å²) < 4.78 is 7.55. The molecular weight excluding hydrogens is 272 g/mol. The normalized spacial score (nSPS) is 10.9. The average Bonchev–Trinajstić information content (AvgIpc) is 2.87. The highest BCUT2D eigenvalue weighted by molar-refractivity contribution is 6.17. The van der Waals surface area contributed by atoms with E-state index >= 15 is 0 Å². The summed E-state index contributed by atoms with van der Waals surface area (Å²) in [7, 11) is 1.67. The van der Waals surface area contributed by atoms with Crippen molar-refractivity contribution in [2.75, 3.05) is 7.11 Å². The molecule has 0 fully saturated rings. The summed E-state index contributed by atoms with van der Waals surface area (Å²) in [6, 6.07) is 14.0. The van der Waals surface area contributed by atoms with Gasteiger partial charge in [-0.2, -0.15) is 0 Å². The first kappa shape index (κ1) is 13.0. The van der Waals surface area contributed by atoms with Crippen LogP contribution in [0.2, 0.25) is 0 Å². The van der Waals surface area contributed by atoms with E-state index in [1.54, 1.807) is 7.11 Å². The first-order valence-electron chi connectivity index (χ1n) is 6.42. The Morgan fingerprint density at radius 1 is 1.15 bits per heavy atom. The quantitative estimate of drug-likeness (QED) is 0.678. The summed E-state index contributed by atoms with van der Waals surface area (Å²) in [5.41, 5.74) is 4.15. The number of halogens is 1. The maximum Gasteiger partial charge on any atom is 0.142 e. The minimum Gasteiger partial charge on any atom is -0.495 e. The van der Waals surface area contributed by atoms with Crippen LogP contribution < -0.4 is 4.74 Å². The number of benzene rings is 2. The molecule has 0 amide bonds. The van der Waals surface area contributed by atoms with Gasteiger partial charge in [0.15, 0.2) is 0 Å². The summed E-state index contributed by atoms with van der Waals surface area (Å²) in [5, 5.41) is 0. The van der Waals surface area contributed by atoms with Crippen LogP contribution in [0.1, 0.15) is 11.4 Å². The molecule has 3 rings (SSSR count). The summed E-state index contributed by atoms with van der Waals surface area (Å²) in [4.78, 5) is 4.62. The minimum atomic E-state index is 0.353. The topological polar surface area (TPSA) is 27.1 Å². The number of aromatic nitrogens is 2. The smallest absolute Gasteiger partial charge is 0.142 e. The van der Waals surface area contributed by atoms with E-state index in [9.17, 15) is 0 Å². The molecule has 2 aromatic carbocycles. The van der Waals surface area contributed by atoms with Crippen molar-refractivity contribution in [3.8, 4) is 11.4 Å². The molecule has 0 bridgehead atoms. The average molecular weight is 287 g/mol. The Kier molecular flexibility index (Phi) is 3.36. The molecule has 102 valence electrons. The molecule has 3 aromatic rings. The molecule has 0 aliphatic carbocycles. The van der Waals surface area contributed by atoms with Gasteiger partial charge in [0.1, 0.15) is 11.6 Å². The highest BCUT2D eigenvalue weighted by atomic mass is 35.5. The van der Waals surface area contributed by atoms with E-state index in [4.69, 9.17) is 16.3 Å². The van der Waals surface area contributed by atoms with E-state index in [0.29, 0.717) is 5.88 Å². The minimum absolute atomic E-state index is 0.353. The van der Waals surface area contributed by atoms with Gasteiger partial charge in [-0.3, -0.25) is 4.57 Å². The van der Waals surface area contributed by atoms with Gasteiger partial charge >= 0.3 is 0 Å². The number of rotatable bonds is 3. The molecule has 0 aliphatic rings. The Bertz CT molecular complexity index is 764. The van der Waals surface area contributed by atoms with Gasteiger partial charge in [0.2, 0.25) is 0 Å². The van der Waals surface area contributed by atoms with Crippen molar-refractivity contribution in [2.45, 2.75) is 12.8 Å². The monoisotopic (exact) mass is 286 g/mol. The molecule has 0 radical (unpaired) electrons. The van der Waals surface area contributed by atoms with E-state index in [0.717, 1.165) is 33.9 Å². The van der Waals surface area contributed by atoms with Crippen LogP contribution in [0.3, 0.4) is 0 Å². The molecule has 0 spiro atoms. The number of nitrogens with zero attached hydrogens (tertiary/aromatic N) is 2. The van der Waals surface area contributed by atoms with Crippen LogP contribution in [0, 0.1) is 6.92 Å². The Balaban J connectivity index is 2.40. The van der Waals surface area contributed by atoms with E-state index in [-0.39, 0.29) is 0 Å². The predicted octanol–water partition coefficient (Wildman–Crippen LogP) is 4.08. The maximum atomic E-state index is 6.08. The molecule has 4 heteroatoms. The summed E-state index contributed by atoms with van der Waals surface area (Å²) in [6.45, 7) is 2.08. The maximum absolute atomic E-state index is 6.08. The molecule has 20 heavy (non-hydrogen) atoms. The number of alkyl halides is 1. The number of imidazole rings is 1. The van der Waals surface area contributed by atoms with Gasteiger partial charge in [-0.05, 0) is 30.7 Å². The van der Waals surface area contributed by atoms with Gasteiger partial charge < -0.3 is 4.74 Å². The zero-order chi connectivity index (χ0) is 14.1. The van der Waals surface area contributed by atoms with Gasteiger partial charge in [0.25, 0.3) is 0 Å². The summed E-state index contributed by atoms with van der Waals surface area (Å²) in [5.74, 6) is 1.98. The molecule has 1 aromatic heterocycles. The van der Waals surface area contributed by atoms with Gasteiger partial charge in [-0.15, -0.1) is 11.6 Å². The highest BCUT2D eigenvalue weighted by Crippen LogP contribution is 2.30. The van der Waals surface area contributed by atoms with Crippen LogP contribution in [0.15, 0.2) is 42.5 Å². The Labute approximate surface area is 122 Å². The lowest BCUT2D eigenvalue weighted by molar-refractivity contribution is 0.413. The molecule has 0 saturated heterocycles.